The molecule has 1 saturated carbocycles. The minimum atomic E-state index is -0.607. The third-order valence-corrected chi connectivity index (χ3v) is 4.30. The van der Waals surface area contributed by atoms with Crippen molar-refractivity contribution in [1.82, 2.24) is 10.2 Å². The topological polar surface area (TPSA) is 32.3 Å². The van der Waals surface area contributed by atoms with Gasteiger partial charge in [-0.2, -0.15) is 0 Å². The molecule has 0 radical (unpaired) electrons. The summed E-state index contributed by atoms with van der Waals surface area (Å²) in [5, 5.41) is 3.39. The average Bonchev–Trinajstić information content (AvgIpc) is 3.15. The van der Waals surface area contributed by atoms with E-state index >= 15 is 0 Å². The van der Waals surface area contributed by atoms with Crippen molar-refractivity contribution in [2.24, 2.45) is 0 Å². The molecule has 3 rings (SSSR count). The Kier molecular flexibility index (Phi) is 3.94. The summed E-state index contributed by atoms with van der Waals surface area (Å²) in [5.41, 5.74) is 0.0856. The molecule has 0 aromatic heterocycles. The van der Waals surface area contributed by atoms with Crippen LogP contribution in [0.15, 0.2) is 18.2 Å². The fourth-order valence-corrected chi connectivity index (χ4v) is 2.93. The van der Waals surface area contributed by atoms with Crippen LogP contribution in [0.2, 0.25) is 5.02 Å². The zero-order valence-electron chi connectivity index (χ0n) is 11.2. The first-order valence-electron chi connectivity index (χ1n) is 7.15. The van der Waals surface area contributed by atoms with Crippen LogP contribution in [0.25, 0.3) is 0 Å². The van der Waals surface area contributed by atoms with E-state index in [1.54, 1.807) is 6.07 Å². The number of carbonyl (C=O) groups excluding carboxylic acids is 1. The highest BCUT2D eigenvalue weighted by molar-refractivity contribution is 6.31. The lowest BCUT2D eigenvalue weighted by Gasteiger charge is -2.26. The Labute approximate surface area is 123 Å². The molecule has 20 heavy (non-hydrogen) atoms. The summed E-state index contributed by atoms with van der Waals surface area (Å²) in [6.45, 7) is 1.67. The van der Waals surface area contributed by atoms with Crippen LogP contribution in [0.3, 0.4) is 0 Å². The van der Waals surface area contributed by atoms with Crippen LogP contribution in [-0.4, -0.2) is 36.0 Å². The third kappa shape index (κ3) is 2.81. The van der Waals surface area contributed by atoms with E-state index in [0.29, 0.717) is 12.6 Å². The van der Waals surface area contributed by atoms with Crippen molar-refractivity contribution < 1.29 is 9.18 Å². The highest BCUT2D eigenvalue weighted by Gasteiger charge is 2.35. The Hall–Kier alpha value is -1.13. The first-order valence-corrected chi connectivity index (χ1v) is 7.53. The standard InChI is InChI=1S/C15H18ClFN2O/c16-13-5-1-4-12(14(13)17)15(20)19(11-6-7-11)9-10-3-2-8-18-10/h1,4-5,10-11,18H,2-3,6-9H2. The number of benzene rings is 1. The average molecular weight is 297 g/mol. The predicted molar refractivity (Wildman–Crippen MR) is 76.5 cm³/mol. The number of nitrogens with one attached hydrogen (secondary N) is 1. The van der Waals surface area contributed by atoms with Gasteiger partial charge >= 0.3 is 0 Å². The Morgan fingerprint density at radius 2 is 2.20 bits per heavy atom. The summed E-state index contributed by atoms with van der Waals surface area (Å²) in [5.74, 6) is -0.842. The van der Waals surface area contributed by atoms with Crippen LogP contribution in [0, 0.1) is 5.82 Å². The molecule has 1 atom stereocenters. The van der Waals surface area contributed by atoms with Crippen molar-refractivity contribution >= 4 is 17.5 Å². The molecule has 0 bridgehead atoms. The number of rotatable bonds is 4. The zero-order valence-corrected chi connectivity index (χ0v) is 12.0. The molecule has 1 N–H and O–H groups in total. The smallest absolute Gasteiger partial charge is 0.257 e. The van der Waals surface area contributed by atoms with Gasteiger partial charge in [0.05, 0.1) is 10.6 Å². The van der Waals surface area contributed by atoms with E-state index in [1.807, 2.05) is 4.90 Å². The summed E-state index contributed by atoms with van der Waals surface area (Å²) in [6.07, 6.45) is 4.25. The van der Waals surface area contributed by atoms with Crippen molar-refractivity contribution in [3.63, 3.8) is 0 Å². The van der Waals surface area contributed by atoms with E-state index in [9.17, 15) is 9.18 Å². The summed E-state index contributed by atoms with van der Waals surface area (Å²) < 4.78 is 14.0. The largest absolute Gasteiger partial charge is 0.334 e. The normalized spacial score (nSPS) is 22.0. The molecule has 1 saturated heterocycles. The Morgan fingerprint density at radius 1 is 1.40 bits per heavy atom. The molecule has 5 heteroatoms. The number of hydrogen-bond acceptors (Lipinski definition) is 2. The van der Waals surface area contributed by atoms with Crippen molar-refractivity contribution in [2.75, 3.05) is 13.1 Å². The maximum Gasteiger partial charge on any atom is 0.257 e. The van der Waals surface area contributed by atoms with E-state index in [0.717, 1.165) is 32.2 Å². The van der Waals surface area contributed by atoms with Gasteiger partial charge in [-0.15, -0.1) is 0 Å². The maximum absolute atomic E-state index is 14.0. The maximum atomic E-state index is 14.0. The monoisotopic (exact) mass is 296 g/mol. The molecule has 2 aliphatic rings. The van der Waals surface area contributed by atoms with Gasteiger partial charge in [0.1, 0.15) is 0 Å². The summed E-state index contributed by atoms with van der Waals surface area (Å²) in [6, 6.07) is 5.21. The highest BCUT2D eigenvalue weighted by atomic mass is 35.5. The number of halogens is 2. The molecule has 1 unspecified atom stereocenters. The molecule has 2 fully saturated rings. The SMILES string of the molecule is O=C(c1cccc(Cl)c1F)N(CC1CCCN1)C1CC1. The molecule has 1 aromatic carbocycles. The Bertz CT molecular complexity index is 513. The van der Waals surface area contributed by atoms with Crippen LogP contribution in [0.1, 0.15) is 36.0 Å². The van der Waals surface area contributed by atoms with E-state index in [4.69, 9.17) is 11.6 Å². The molecule has 1 amide bonds. The fraction of sp³-hybridized carbons (Fsp3) is 0.533. The zero-order chi connectivity index (χ0) is 14.1. The van der Waals surface area contributed by atoms with E-state index in [-0.39, 0.29) is 22.5 Å². The van der Waals surface area contributed by atoms with Crippen LogP contribution in [-0.2, 0) is 0 Å². The minimum absolute atomic E-state index is 0.00517. The summed E-state index contributed by atoms with van der Waals surface area (Å²) in [7, 11) is 0. The van der Waals surface area contributed by atoms with Gasteiger partial charge in [-0.05, 0) is 44.4 Å². The molecule has 0 spiro atoms. The first kappa shape index (κ1) is 13.8. The quantitative estimate of drug-likeness (QED) is 0.926. The van der Waals surface area contributed by atoms with Crippen molar-refractivity contribution in [3.8, 4) is 0 Å². The van der Waals surface area contributed by atoms with Crippen molar-refractivity contribution in [2.45, 2.75) is 37.8 Å². The van der Waals surface area contributed by atoms with Gasteiger partial charge < -0.3 is 10.2 Å². The van der Waals surface area contributed by atoms with Gasteiger partial charge in [0.25, 0.3) is 5.91 Å². The van der Waals surface area contributed by atoms with Gasteiger partial charge in [-0.3, -0.25) is 4.79 Å². The minimum Gasteiger partial charge on any atom is -0.334 e. The Balaban J connectivity index is 1.79. The molecule has 1 aliphatic heterocycles. The molecule has 1 aromatic rings. The van der Waals surface area contributed by atoms with E-state index in [1.165, 1.54) is 12.1 Å². The summed E-state index contributed by atoms with van der Waals surface area (Å²) >= 11 is 5.77. The molecule has 1 aliphatic carbocycles. The van der Waals surface area contributed by atoms with Gasteiger partial charge in [0.15, 0.2) is 5.82 Å². The molecule has 3 nitrogen and oxygen atoms in total. The van der Waals surface area contributed by atoms with Gasteiger partial charge in [0, 0.05) is 18.6 Å². The van der Waals surface area contributed by atoms with Crippen molar-refractivity contribution in [3.05, 3.63) is 34.6 Å². The predicted octanol–water partition coefficient (Wildman–Crippen LogP) is 2.84. The summed E-state index contributed by atoms with van der Waals surface area (Å²) in [4.78, 5) is 14.4. The van der Waals surface area contributed by atoms with E-state index < -0.39 is 5.82 Å². The third-order valence-electron chi connectivity index (χ3n) is 4.01. The van der Waals surface area contributed by atoms with Crippen LogP contribution in [0.5, 0.6) is 0 Å². The van der Waals surface area contributed by atoms with Gasteiger partial charge in [0.2, 0.25) is 0 Å². The van der Waals surface area contributed by atoms with Crippen LogP contribution < -0.4 is 5.32 Å². The molecule has 108 valence electrons. The van der Waals surface area contributed by atoms with Crippen molar-refractivity contribution in [1.29, 1.82) is 0 Å². The fourth-order valence-electron chi connectivity index (χ4n) is 2.76. The number of nitrogens with zero attached hydrogens (tertiary/aromatic N) is 1. The van der Waals surface area contributed by atoms with E-state index in [2.05, 4.69) is 5.32 Å². The molecular weight excluding hydrogens is 279 g/mol. The second-order valence-corrected chi connectivity index (χ2v) is 5.99. The first-order chi connectivity index (χ1) is 9.66. The lowest BCUT2D eigenvalue weighted by Crippen LogP contribution is -2.42. The molecule has 1 heterocycles. The van der Waals surface area contributed by atoms with Crippen LogP contribution in [0.4, 0.5) is 4.39 Å². The number of carbonyl (C=O) groups is 1. The highest BCUT2D eigenvalue weighted by Crippen LogP contribution is 2.30. The second kappa shape index (κ2) is 5.70. The van der Waals surface area contributed by atoms with Gasteiger partial charge in [-0.25, -0.2) is 4.39 Å². The number of hydrogen-bond donors (Lipinski definition) is 1. The lowest BCUT2D eigenvalue weighted by atomic mass is 10.1. The van der Waals surface area contributed by atoms with Gasteiger partial charge in [-0.1, -0.05) is 17.7 Å². The number of amides is 1. The Morgan fingerprint density at radius 3 is 2.85 bits per heavy atom. The second-order valence-electron chi connectivity index (χ2n) is 5.58. The lowest BCUT2D eigenvalue weighted by molar-refractivity contribution is 0.0724. The van der Waals surface area contributed by atoms with Crippen LogP contribution >= 0.6 is 11.6 Å². The molecular formula is C15H18ClFN2O.